The van der Waals surface area contributed by atoms with E-state index in [1.54, 1.807) is 12.1 Å². The maximum absolute atomic E-state index is 12.4. The molecule has 0 aliphatic heterocycles. The minimum Gasteiger partial charge on any atom is -0.379 e. The first-order valence-corrected chi connectivity index (χ1v) is 7.83. The predicted octanol–water partition coefficient (Wildman–Crippen LogP) is 0.469. The van der Waals surface area contributed by atoms with E-state index in [9.17, 15) is 18.0 Å². The van der Waals surface area contributed by atoms with Crippen molar-refractivity contribution in [2.45, 2.75) is 18.7 Å². The molecule has 0 N–H and O–H groups in total. The Kier molecular flexibility index (Phi) is 3.97. The van der Waals surface area contributed by atoms with E-state index in [1.807, 2.05) is 6.92 Å². The zero-order valence-electron chi connectivity index (χ0n) is 12.7. The van der Waals surface area contributed by atoms with Crippen LogP contribution in [0.25, 0.3) is 0 Å². The molecule has 0 aliphatic carbocycles. The maximum Gasteiger partial charge on any atom is 0.346 e. The SMILES string of the molecule is Cc1ccc(OS(=O)(=O)c2c(C)n(C)c(=O)n(C)c2=O)cc1. The Labute approximate surface area is 127 Å². The molecule has 0 atom stereocenters. The molecule has 0 radical (unpaired) electrons. The molecule has 0 amide bonds. The van der Waals surface area contributed by atoms with Crippen LogP contribution in [0.4, 0.5) is 0 Å². The second-order valence-electron chi connectivity index (χ2n) is 4.97. The summed E-state index contributed by atoms with van der Waals surface area (Å²) in [5, 5.41) is 0. The van der Waals surface area contributed by atoms with Gasteiger partial charge in [-0.3, -0.25) is 13.9 Å². The number of rotatable bonds is 3. The summed E-state index contributed by atoms with van der Waals surface area (Å²) in [6.07, 6.45) is 0. The minimum atomic E-state index is -4.34. The average Bonchev–Trinajstić information content (AvgIpc) is 2.45. The maximum atomic E-state index is 12.4. The summed E-state index contributed by atoms with van der Waals surface area (Å²) in [6, 6.07) is 6.37. The van der Waals surface area contributed by atoms with E-state index in [2.05, 4.69) is 0 Å². The largest absolute Gasteiger partial charge is 0.379 e. The van der Waals surface area contributed by atoms with Gasteiger partial charge < -0.3 is 4.18 Å². The number of benzene rings is 1. The zero-order chi connectivity index (χ0) is 16.7. The molecular weight excluding hydrogens is 308 g/mol. The zero-order valence-corrected chi connectivity index (χ0v) is 13.5. The lowest BCUT2D eigenvalue weighted by molar-refractivity contribution is 0.478. The summed E-state index contributed by atoms with van der Waals surface area (Å²) < 4.78 is 31.6. The van der Waals surface area contributed by atoms with Crippen molar-refractivity contribution >= 4 is 10.1 Å². The molecule has 1 heterocycles. The predicted molar refractivity (Wildman–Crippen MR) is 80.7 cm³/mol. The van der Waals surface area contributed by atoms with Gasteiger partial charge in [0.15, 0.2) is 4.90 Å². The molecule has 2 aromatic rings. The lowest BCUT2D eigenvalue weighted by Crippen LogP contribution is -2.41. The molecule has 2 rings (SSSR count). The summed E-state index contributed by atoms with van der Waals surface area (Å²) in [6.45, 7) is 3.24. The normalized spacial score (nSPS) is 11.5. The van der Waals surface area contributed by atoms with Gasteiger partial charge in [0.25, 0.3) is 5.56 Å². The second-order valence-corrected chi connectivity index (χ2v) is 6.45. The first kappa shape index (κ1) is 16.0. The van der Waals surface area contributed by atoms with E-state index < -0.39 is 26.3 Å². The summed E-state index contributed by atoms with van der Waals surface area (Å²) in [5.74, 6) is 0.0981. The van der Waals surface area contributed by atoms with E-state index in [0.29, 0.717) is 0 Å². The Bertz CT molecular complexity index is 937. The molecule has 1 aromatic heterocycles. The molecule has 0 fully saturated rings. The Morgan fingerprint density at radius 3 is 2.05 bits per heavy atom. The fourth-order valence-corrected chi connectivity index (χ4v) is 3.26. The third kappa shape index (κ3) is 2.69. The van der Waals surface area contributed by atoms with Crippen molar-refractivity contribution in [3.63, 3.8) is 0 Å². The van der Waals surface area contributed by atoms with Crippen molar-refractivity contribution in [2.24, 2.45) is 14.1 Å². The smallest absolute Gasteiger partial charge is 0.346 e. The van der Waals surface area contributed by atoms with Crippen LogP contribution in [0, 0.1) is 13.8 Å². The molecule has 118 valence electrons. The van der Waals surface area contributed by atoms with Crippen LogP contribution < -0.4 is 15.4 Å². The van der Waals surface area contributed by atoms with Crippen LogP contribution in [0.3, 0.4) is 0 Å². The number of aryl methyl sites for hydroxylation is 1. The van der Waals surface area contributed by atoms with Crippen molar-refractivity contribution in [1.29, 1.82) is 0 Å². The first-order valence-electron chi connectivity index (χ1n) is 6.43. The van der Waals surface area contributed by atoms with Gasteiger partial charge in [0.05, 0.1) is 0 Å². The molecule has 0 aliphatic rings. The Hall–Kier alpha value is -2.35. The highest BCUT2D eigenvalue weighted by molar-refractivity contribution is 7.87. The number of hydrogen-bond acceptors (Lipinski definition) is 5. The van der Waals surface area contributed by atoms with E-state index in [-0.39, 0.29) is 11.4 Å². The van der Waals surface area contributed by atoms with Crippen molar-refractivity contribution < 1.29 is 12.6 Å². The molecule has 0 saturated heterocycles. The van der Waals surface area contributed by atoms with E-state index in [1.165, 1.54) is 33.2 Å². The summed E-state index contributed by atoms with van der Waals surface area (Å²) in [5.41, 5.74) is -0.538. The van der Waals surface area contributed by atoms with Crippen molar-refractivity contribution in [2.75, 3.05) is 0 Å². The topological polar surface area (TPSA) is 87.4 Å². The van der Waals surface area contributed by atoms with Crippen molar-refractivity contribution in [3.8, 4) is 5.75 Å². The molecule has 8 heteroatoms. The second kappa shape index (κ2) is 5.45. The van der Waals surface area contributed by atoms with Crippen LogP contribution in [0.15, 0.2) is 38.8 Å². The Morgan fingerprint density at radius 2 is 1.50 bits per heavy atom. The number of nitrogens with zero attached hydrogens (tertiary/aromatic N) is 2. The summed E-state index contributed by atoms with van der Waals surface area (Å²) >= 11 is 0. The molecule has 7 nitrogen and oxygen atoms in total. The van der Waals surface area contributed by atoms with Crippen LogP contribution >= 0.6 is 0 Å². The van der Waals surface area contributed by atoms with Gasteiger partial charge in [-0.15, -0.1) is 0 Å². The highest BCUT2D eigenvalue weighted by atomic mass is 32.2. The van der Waals surface area contributed by atoms with E-state index >= 15 is 0 Å². The third-order valence-corrected chi connectivity index (χ3v) is 4.76. The summed E-state index contributed by atoms with van der Waals surface area (Å²) in [4.78, 5) is 23.4. The molecule has 0 unspecified atom stereocenters. The molecule has 0 bridgehead atoms. The number of aromatic nitrogens is 2. The van der Waals surface area contributed by atoms with Crippen LogP contribution in [-0.4, -0.2) is 17.6 Å². The quantitative estimate of drug-likeness (QED) is 0.766. The van der Waals surface area contributed by atoms with Gasteiger partial charge in [-0.1, -0.05) is 17.7 Å². The van der Waals surface area contributed by atoms with Gasteiger partial charge in [0, 0.05) is 19.8 Å². The minimum absolute atomic E-state index is 0.0280. The van der Waals surface area contributed by atoms with Crippen molar-refractivity contribution in [1.82, 2.24) is 9.13 Å². The molecular formula is C14H16N2O5S. The lowest BCUT2D eigenvalue weighted by atomic mass is 10.2. The lowest BCUT2D eigenvalue weighted by Gasteiger charge is -2.12. The van der Waals surface area contributed by atoms with E-state index in [0.717, 1.165) is 14.7 Å². The van der Waals surface area contributed by atoms with Crippen LogP contribution in [-0.2, 0) is 24.2 Å². The molecule has 22 heavy (non-hydrogen) atoms. The van der Waals surface area contributed by atoms with Gasteiger partial charge >= 0.3 is 15.8 Å². The van der Waals surface area contributed by atoms with E-state index in [4.69, 9.17) is 4.18 Å². The third-order valence-electron chi connectivity index (χ3n) is 3.38. The standard InChI is InChI=1S/C14H16N2O5S/c1-9-5-7-11(8-6-9)21-22(19,20)12-10(2)15(3)14(18)16(4)13(12)17/h5-8H,1-4H3. The van der Waals surface area contributed by atoms with Crippen LogP contribution in [0.1, 0.15) is 11.3 Å². The Morgan fingerprint density at radius 1 is 0.955 bits per heavy atom. The van der Waals surface area contributed by atoms with Gasteiger partial charge in [0.2, 0.25) is 0 Å². The van der Waals surface area contributed by atoms with Gasteiger partial charge in [0.1, 0.15) is 5.75 Å². The molecule has 1 aromatic carbocycles. The van der Waals surface area contributed by atoms with Gasteiger partial charge in [-0.25, -0.2) is 4.79 Å². The summed E-state index contributed by atoms with van der Waals surface area (Å²) in [7, 11) is -1.73. The Balaban J connectivity index is 2.62. The highest BCUT2D eigenvalue weighted by Crippen LogP contribution is 2.18. The fraction of sp³-hybridized carbons (Fsp3) is 0.286. The monoisotopic (exact) mass is 324 g/mol. The highest BCUT2D eigenvalue weighted by Gasteiger charge is 2.27. The van der Waals surface area contributed by atoms with Gasteiger partial charge in [-0.2, -0.15) is 8.42 Å². The number of hydrogen-bond donors (Lipinski definition) is 0. The molecule has 0 saturated carbocycles. The first-order chi connectivity index (χ1) is 10.1. The van der Waals surface area contributed by atoms with Crippen molar-refractivity contribution in [3.05, 3.63) is 56.4 Å². The van der Waals surface area contributed by atoms with Crippen LogP contribution in [0.2, 0.25) is 0 Å². The average molecular weight is 324 g/mol. The van der Waals surface area contributed by atoms with Crippen LogP contribution in [0.5, 0.6) is 5.75 Å². The van der Waals surface area contributed by atoms with Gasteiger partial charge in [-0.05, 0) is 26.0 Å². The fourth-order valence-electron chi connectivity index (χ4n) is 1.96. The molecule has 0 spiro atoms.